The first-order chi connectivity index (χ1) is 18.0. The number of nitrogens with one attached hydrogen (secondary N) is 1. The maximum atomic E-state index is 15.0. The zero-order valence-electron chi connectivity index (χ0n) is 24.1. The van der Waals surface area contributed by atoms with Crippen molar-refractivity contribution in [3.63, 3.8) is 0 Å². The van der Waals surface area contributed by atoms with Crippen LogP contribution in [-0.2, 0) is 16.7 Å². The Bertz CT molecular complexity index is 1130. The van der Waals surface area contributed by atoms with Gasteiger partial charge in [-0.1, -0.05) is 20.8 Å². The highest BCUT2D eigenvalue weighted by Gasteiger charge is 2.30. The molecular weight excluding hydrogens is 487 g/mol. The van der Waals surface area contributed by atoms with Crippen LogP contribution in [0.15, 0.2) is 18.2 Å². The number of halogens is 1. The molecule has 0 bridgehead atoms. The van der Waals surface area contributed by atoms with Gasteiger partial charge in [-0.25, -0.2) is 4.39 Å². The van der Waals surface area contributed by atoms with E-state index in [1.807, 2.05) is 19.1 Å². The summed E-state index contributed by atoms with van der Waals surface area (Å²) in [7, 11) is 3.41. The first-order valence-corrected chi connectivity index (χ1v) is 13.4. The number of ketones is 1. The van der Waals surface area contributed by atoms with Gasteiger partial charge in [0.25, 0.3) is 0 Å². The largest absolute Gasteiger partial charge is 0.494 e. The topological polar surface area (TPSA) is 69.3 Å². The molecule has 1 aliphatic heterocycles. The number of methoxy groups -OCH3 is 2. The zero-order chi connectivity index (χ0) is 28.0. The minimum atomic E-state index is -0.435. The number of hydrogen-bond donors (Lipinski definition) is 1. The molecule has 1 fully saturated rings. The number of anilines is 1. The van der Waals surface area contributed by atoms with Crippen LogP contribution in [0.5, 0.6) is 17.2 Å². The van der Waals surface area contributed by atoms with Crippen LogP contribution in [0.1, 0.15) is 68.1 Å². The molecule has 0 aliphatic carbocycles. The van der Waals surface area contributed by atoms with Gasteiger partial charge in [-0.05, 0) is 61.9 Å². The highest BCUT2D eigenvalue weighted by molar-refractivity contribution is 5.99. The number of nitrogens with zero attached hydrogens (tertiary/aromatic N) is 1. The van der Waals surface area contributed by atoms with Crippen LogP contribution in [0.3, 0.4) is 0 Å². The normalized spacial score (nSPS) is 15.6. The third-order valence-electron chi connectivity index (χ3n) is 6.95. The fourth-order valence-corrected chi connectivity index (χ4v) is 4.81. The predicted octanol–water partition coefficient (Wildman–Crippen LogP) is 5.44. The van der Waals surface area contributed by atoms with E-state index < -0.39 is 5.82 Å². The molecule has 1 heterocycles. The summed E-state index contributed by atoms with van der Waals surface area (Å²) in [6.45, 7) is 14.4. The molecule has 0 spiro atoms. The van der Waals surface area contributed by atoms with Crippen molar-refractivity contribution in [3.05, 3.63) is 46.3 Å². The molecule has 8 heteroatoms. The van der Waals surface area contributed by atoms with E-state index >= 15 is 4.39 Å². The quantitative estimate of drug-likeness (QED) is 0.367. The molecule has 210 valence electrons. The monoisotopic (exact) mass is 530 g/mol. The van der Waals surface area contributed by atoms with Gasteiger partial charge >= 0.3 is 0 Å². The van der Waals surface area contributed by atoms with Gasteiger partial charge in [-0.2, -0.15) is 0 Å². The lowest BCUT2D eigenvalue weighted by Crippen LogP contribution is -2.27. The SMILES string of the molecule is CCOc1cc(CNCC(=O)c2cc(N3CC[C@H](OC)C3)c(OC)c(C(C)(C)C)c2)c(C)c(F)c1OCC. The van der Waals surface area contributed by atoms with E-state index in [9.17, 15) is 4.79 Å². The standard InChI is InChI=1S/C30H43FN2O5/c1-9-37-26-15-21(19(3)27(31)29(26)38-10-2)16-32-17-25(34)20-13-23(30(4,5)6)28(36-8)24(14-20)33-12-11-22(18-33)35-7/h13-15,22,32H,9-12,16-18H2,1-8H3/t22-/m0/s1. The molecule has 3 rings (SSSR count). The average molecular weight is 531 g/mol. The third kappa shape index (κ3) is 6.59. The maximum Gasteiger partial charge on any atom is 0.197 e. The van der Waals surface area contributed by atoms with Crippen molar-refractivity contribution in [3.8, 4) is 17.2 Å². The summed E-state index contributed by atoms with van der Waals surface area (Å²) in [6, 6.07) is 5.64. The maximum absolute atomic E-state index is 15.0. The van der Waals surface area contributed by atoms with Crippen molar-refractivity contribution in [2.75, 3.05) is 52.0 Å². The van der Waals surface area contributed by atoms with Gasteiger partial charge in [0, 0.05) is 37.9 Å². The number of carbonyl (C=O) groups excluding carboxylic acids is 1. The van der Waals surface area contributed by atoms with Gasteiger partial charge in [0.05, 0.1) is 38.7 Å². The molecule has 0 unspecified atom stereocenters. The molecule has 0 aromatic heterocycles. The van der Waals surface area contributed by atoms with Gasteiger partial charge < -0.3 is 29.2 Å². The molecule has 0 amide bonds. The summed E-state index contributed by atoms with van der Waals surface area (Å²) in [5.74, 6) is 0.814. The molecule has 1 aliphatic rings. The minimum Gasteiger partial charge on any atom is -0.494 e. The number of hydrogen-bond acceptors (Lipinski definition) is 7. The van der Waals surface area contributed by atoms with E-state index in [-0.39, 0.29) is 29.6 Å². The van der Waals surface area contributed by atoms with Crippen molar-refractivity contribution < 1.29 is 28.1 Å². The van der Waals surface area contributed by atoms with E-state index in [2.05, 4.69) is 31.0 Å². The lowest BCUT2D eigenvalue weighted by Gasteiger charge is -2.29. The van der Waals surface area contributed by atoms with Gasteiger partial charge in [0.15, 0.2) is 23.1 Å². The molecule has 7 nitrogen and oxygen atoms in total. The van der Waals surface area contributed by atoms with Crippen molar-refractivity contribution >= 4 is 11.5 Å². The van der Waals surface area contributed by atoms with Crippen molar-refractivity contribution in [2.45, 2.75) is 66.0 Å². The lowest BCUT2D eigenvalue weighted by molar-refractivity contribution is 0.0990. The number of rotatable bonds is 12. The average Bonchev–Trinajstić information content (AvgIpc) is 3.37. The zero-order valence-corrected chi connectivity index (χ0v) is 24.1. The van der Waals surface area contributed by atoms with E-state index in [1.54, 1.807) is 34.1 Å². The smallest absolute Gasteiger partial charge is 0.197 e. The molecular formula is C30H43FN2O5. The van der Waals surface area contributed by atoms with E-state index in [0.717, 1.165) is 42.1 Å². The van der Waals surface area contributed by atoms with Crippen LogP contribution in [0.2, 0.25) is 0 Å². The van der Waals surface area contributed by atoms with E-state index in [0.29, 0.717) is 36.6 Å². The first-order valence-electron chi connectivity index (χ1n) is 13.4. The van der Waals surface area contributed by atoms with Crippen molar-refractivity contribution in [2.24, 2.45) is 0 Å². The van der Waals surface area contributed by atoms with Crippen LogP contribution in [0.25, 0.3) is 0 Å². The number of Topliss-reactive ketones (excluding diaryl/α,β-unsaturated/α-hetero) is 1. The van der Waals surface area contributed by atoms with Gasteiger partial charge in [-0.15, -0.1) is 0 Å². The van der Waals surface area contributed by atoms with Crippen molar-refractivity contribution in [1.82, 2.24) is 5.32 Å². The summed E-state index contributed by atoms with van der Waals surface area (Å²) < 4.78 is 37.6. The molecule has 1 saturated heterocycles. The van der Waals surface area contributed by atoms with E-state index in [4.69, 9.17) is 18.9 Å². The second kappa shape index (κ2) is 12.8. The molecule has 38 heavy (non-hydrogen) atoms. The summed E-state index contributed by atoms with van der Waals surface area (Å²) in [5, 5.41) is 3.20. The molecule has 2 aromatic rings. The summed E-state index contributed by atoms with van der Waals surface area (Å²) in [4.78, 5) is 15.6. The number of benzene rings is 2. The van der Waals surface area contributed by atoms with Crippen molar-refractivity contribution in [1.29, 1.82) is 0 Å². The van der Waals surface area contributed by atoms with Gasteiger partial charge in [-0.3, -0.25) is 4.79 Å². The molecule has 1 atom stereocenters. The van der Waals surface area contributed by atoms with Crippen LogP contribution in [0, 0.1) is 12.7 Å². The Morgan fingerprint density at radius 2 is 1.82 bits per heavy atom. The second-order valence-corrected chi connectivity index (χ2v) is 10.6. The fraction of sp³-hybridized carbons (Fsp3) is 0.567. The summed E-state index contributed by atoms with van der Waals surface area (Å²) in [5.41, 5.74) is 3.47. The summed E-state index contributed by atoms with van der Waals surface area (Å²) in [6.07, 6.45) is 1.07. The van der Waals surface area contributed by atoms with Gasteiger partial charge in [0.2, 0.25) is 0 Å². The number of ether oxygens (including phenoxy) is 4. The van der Waals surface area contributed by atoms with Crippen LogP contribution in [0.4, 0.5) is 10.1 Å². The Hall–Kier alpha value is -2.84. The van der Waals surface area contributed by atoms with Crippen LogP contribution < -0.4 is 24.4 Å². The Morgan fingerprint density at radius 3 is 2.39 bits per heavy atom. The Labute approximate surface area is 226 Å². The molecule has 0 saturated carbocycles. The number of carbonyl (C=O) groups is 1. The second-order valence-electron chi connectivity index (χ2n) is 10.6. The first kappa shape index (κ1) is 29.7. The van der Waals surface area contributed by atoms with Crippen LogP contribution in [-0.4, -0.2) is 59.0 Å². The van der Waals surface area contributed by atoms with Gasteiger partial charge in [0.1, 0.15) is 5.75 Å². The molecule has 2 aromatic carbocycles. The van der Waals surface area contributed by atoms with Crippen LogP contribution >= 0.6 is 0 Å². The Balaban J connectivity index is 1.85. The minimum absolute atomic E-state index is 0.0454. The predicted molar refractivity (Wildman–Crippen MR) is 149 cm³/mol. The Morgan fingerprint density at radius 1 is 1.11 bits per heavy atom. The highest BCUT2D eigenvalue weighted by Crippen LogP contribution is 2.41. The lowest BCUT2D eigenvalue weighted by atomic mass is 9.84. The van der Waals surface area contributed by atoms with E-state index in [1.165, 1.54) is 0 Å². The third-order valence-corrected chi connectivity index (χ3v) is 6.95. The highest BCUT2D eigenvalue weighted by atomic mass is 19.1. The molecule has 1 N–H and O–H groups in total. The fourth-order valence-electron chi connectivity index (χ4n) is 4.81. The molecule has 0 radical (unpaired) electrons. The summed E-state index contributed by atoms with van der Waals surface area (Å²) >= 11 is 0. The Kier molecular flexibility index (Phi) is 10.0.